The molecule has 1 aliphatic heterocycles. The number of hydrogen-bond donors (Lipinski definition) is 1. The molecule has 1 rings (SSSR count). The summed E-state index contributed by atoms with van der Waals surface area (Å²) in [4.78, 5) is 0. The Morgan fingerprint density at radius 2 is 2.44 bits per heavy atom. The van der Waals surface area contributed by atoms with Crippen LogP contribution in [0.1, 0.15) is 32.1 Å². The van der Waals surface area contributed by atoms with Crippen molar-refractivity contribution in [2.45, 2.75) is 44.2 Å². The van der Waals surface area contributed by atoms with E-state index < -0.39 is 0 Å². The van der Waals surface area contributed by atoms with Crippen molar-refractivity contribution < 1.29 is 9.47 Å². The summed E-state index contributed by atoms with van der Waals surface area (Å²) >= 11 is 5.73. The van der Waals surface area contributed by atoms with Gasteiger partial charge in [-0.05, 0) is 38.6 Å². The van der Waals surface area contributed by atoms with E-state index in [1.807, 2.05) is 0 Å². The average molecular weight is 250 g/mol. The van der Waals surface area contributed by atoms with Crippen molar-refractivity contribution in [2.75, 3.05) is 32.7 Å². The fraction of sp³-hybridized carbons (Fsp3) is 1.00. The monoisotopic (exact) mass is 249 g/mol. The van der Waals surface area contributed by atoms with Crippen molar-refractivity contribution in [3.05, 3.63) is 0 Å². The lowest BCUT2D eigenvalue weighted by Crippen LogP contribution is -2.34. The zero-order valence-electron chi connectivity index (χ0n) is 10.2. The van der Waals surface area contributed by atoms with E-state index in [4.69, 9.17) is 21.1 Å². The zero-order chi connectivity index (χ0) is 11.6. The van der Waals surface area contributed by atoms with Crippen LogP contribution in [-0.4, -0.2) is 44.9 Å². The summed E-state index contributed by atoms with van der Waals surface area (Å²) in [6, 6.07) is 0.395. The number of nitrogens with one attached hydrogen (secondary N) is 1. The highest BCUT2D eigenvalue weighted by atomic mass is 35.5. The molecular formula is C12H24ClNO2. The van der Waals surface area contributed by atoms with Gasteiger partial charge in [0.15, 0.2) is 0 Å². The normalized spacial score (nSPS) is 22.5. The van der Waals surface area contributed by atoms with Gasteiger partial charge in [-0.1, -0.05) is 0 Å². The predicted octanol–water partition coefficient (Wildman–Crippen LogP) is 2.18. The van der Waals surface area contributed by atoms with Crippen molar-refractivity contribution in [3.8, 4) is 0 Å². The molecule has 96 valence electrons. The van der Waals surface area contributed by atoms with E-state index >= 15 is 0 Å². The van der Waals surface area contributed by atoms with Gasteiger partial charge in [-0.25, -0.2) is 0 Å². The first-order valence-corrected chi connectivity index (χ1v) is 6.80. The van der Waals surface area contributed by atoms with E-state index in [1.165, 1.54) is 25.7 Å². The second kappa shape index (κ2) is 9.23. The standard InChI is InChI=1S/C12H24ClNO2/c1-15-10-11(6-7-13)14-8-2-4-12-5-3-9-16-12/h11-12,14H,2-10H2,1H3. The second-order valence-corrected chi connectivity index (χ2v) is 4.74. The molecule has 2 unspecified atom stereocenters. The number of hydrogen-bond acceptors (Lipinski definition) is 3. The van der Waals surface area contributed by atoms with Crippen LogP contribution < -0.4 is 5.32 Å². The Kier molecular flexibility index (Phi) is 8.21. The highest BCUT2D eigenvalue weighted by Gasteiger charge is 2.14. The van der Waals surface area contributed by atoms with Gasteiger partial charge in [-0.2, -0.15) is 0 Å². The molecule has 0 aromatic carbocycles. The number of rotatable bonds is 9. The van der Waals surface area contributed by atoms with Crippen LogP contribution in [0.15, 0.2) is 0 Å². The maximum Gasteiger partial charge on any atom is 0.0616 e. The molecule has 2 atom stereocenters. The molecule has 4 heteroatoms. The first-order valence-electron chi connectivity index (χ1n) is 6.26. The van der Waals surface area contributed by atoms with E-state index in [0.29, 0.717) is 18.0 Å². The van der Waals surface area contributed by atoms with E-state index in [0.717, 1.165) is 26.2 Å². The Bertz CT molecular complexity index is 157. The van der Waals surface area contributed by atoms with Crippen molar-refractivity contribution in [1.82, 2.24) is 5.32 Å². The fourth-order valence-electron chi connectivity index (χ4n) is 2.09. The number of alkyl halides is 1. The fourth-order valence-corrected chi connectivity index (χ4v) is 2.35. The summed E-state index contributed by atoms with van der Waals surface area (Å²) in [7, 11) is 1.73. The summed E-state index contributed by atoms with van der Waals surface area (Å²) in [5.41, 5.74) is 0. The van der Waals surface area contributed by atoms with Crippen LogP contribution in [0.4, 0.5) is 0 Å². The van der Waals surface area contributed by atoms with Crippen LogP contribution in [0.5, 0.6) is 0 Å². The van der Waals surface area contributed by atoms with E-state index in [1.54, 1.807) is 7.11 Å². The number of halogens is 1. The van der Waals surface area contributed by atoms with Gasteiger partial charge < -0.3 is 14.8 Å². The lowest BCUT2D eigenvalue weighted by Gasteiger charge is -2.17. The second-order valence-electron chi connectivity index (χ2n) is 4.36. The molecule has 3 nitrogen and oxygen atoms in total. The lowest BCUT2D eigenvalue weighted by atomic mass is 10.1. The average Bonchev–Trinajstić information content (AvgIpc) is 2.78. The Hall–Kier alpha value is 0.170. The molecule has 0 aromatic rings. The van der Waals surface area contributed by atoms with Crippen molar-refractivity contribution in [2.24, 2.45) is 0 Å². The summed E-state index contributed by atoms with van der Waals surface area (Å²) < 4.78 is 10.7. The van der Waals surface area contributed by atoms with Gasteiger partial charge in [0.1, 0.15) is 0 Å². The van der Waals surface area contributed by atoms with Crippen LogP contribution in [0, 0.1) is 0 Å². The van der Waals surface area contributed by atoms with Crippen LogP contribution in [0.25, 0.3) is 0 Å². The van der Waals surface area contributed by atoms with Crippen molar-refractivity contribution in [3.63, 3.8) is 0 Å². The zero-order valence-corrected chi connectivity index (χ0v) is 11.0. The van der Waals surface area contributed by atoms with E-state index in [9.17, 15) is 0 Å². The lowest BCUT2D eigenvalue weighted by molar-refractivity contribution is 0.101. The van der Waals surface area contributed by atoms with Gasteiger partial charge in [-0.15, -0.1) is 11.6 Å². The smallest absolute Gasteiger partial charge is 0.0616 e. The van der Waals surface area contributed by atoms with Gasteiger partial charge in [-0.3, -0.25) is 0 Å². The summed E-state index contributed by atoms with van der Waals surface area (Å²) in [5, 5.41) is 3.48. The van der Waals surface area contributed by atoms with Gasteiger partial charge >= 0.3 is 0 Å². The van der Waals surface area contributed by atoms with Crippen LogP contribution in [0.3, 0.4) is 0 Å². The Morgan fingerprint density at radius 3 is 3.06 bits per heavy atom. The number of ether oxygens (including phenoxy) is 2. The number of methoxy groups -OCH3 is 1. The minimum Gasteiger partial charge on any atom is -0.383 e. The first-order chi connectivity index (χ1) is 7.86. The molecule has 0 radical (unpaired) electrons. The molecule has 1 fully saturated rings. The van der Waals surface area contributed by atoms with Gasteiger partial charge in [0.25, 0.3) is 0 Å². The molecule has 1 N–H and O–H groups in total. The maximum atomic E-state index is 5.73. The minimum atomic E-state index is 0.395. The molecule has 0 aliphatic carbocycles. The summed E-state index contributed by atoms with van der Waals surface area (Å²) in [5.74, 6) is 0.687. The topological polar surface area (TPSA) is 30.5 Å². The Morgan fingerprint density at radius 1 is 1.56 bits per heavy atom. The molecule has 0 bridgehead atoms. The molecule has 0 saturated carbocycles. The molecule has 0 spiro atoms. The molecule has 16 heavy (non-hydrogen) atoms. The molecule has 0 aromatic heterocycles. The molecule has 1 saturated heterocycles. The SMILES string of the molecule is COCC(CCCl)NCCCC1CCCO1. The van der Waals surface area contributed by atoms with Gasteiger partial charge in [0.05, 0.1) is 12.7 Å². The third-order valence-corrected chi connectivity index (χ3v) is 3.20. The largest absolute Gasteiger partial charge is 0.383 e. The Labute approximate surface area is 104 Å². The minimum absolute atomic E-state index is 0.395. The van der Waals surface area contributed by atoms with Crippen molar-refractivity contribution in [1.29, 1.82) is 0 Å². The van der Waals surface area contributed by atoms with Crippen LogP contribution in [-0.2, 0) is 9.47 Å². The third kappa shape index (κ3) is 6.04. The van der Waals surface area contributed by atoms with E-state index in [-0.39, 0.29) is 0 Å². The van der Waals surface area contributed by atoms with Crippen LogP contribution >= 0.6 is 11.6 Å². The molecule has 1 aliphatic rings. The van der Waals surface area contributed by atoms with Gasteiger partial charge in [0.2, 0.25) is 0 Å². The van der Waals surface area contributed by atoms with Crippen LogP contribution in [0.2, 0.25) is 0 Å². The maximum absolute atomic E-state index is 5.73. The first kappa shape index (κ1) is 14.2. The molecule has 0 amide bonds. The quantitative estimate of drug-likeness (QED) is 0.502. The summed E-state index contributed by atoms with van der Waals surface area (Å²) in [6.45, 7) is 2.73. The Balaban J connectivity index is 1.98. The highest BCUT2D eigenvalue weighted by Crippen LogP contribution is 2.16. The highest BCUT2D eigenvalue weighted by molar-refractivity contribution is 6.17. The molecular weight excluding hydrogens is 226 g/mol. The predicted molar refractivity (Wildman–Crippen MR) is 67.2 cm³/mol. The molecule has 1 heterocycles. The van der Waals surface area contributed by atoms with E-state index in [2.05, 4.69) is 5.32 Å². The van der Waals surface area contributed by atoms with Crippen molar-refractivity contribution >= 4 is 11.6 Å². The third-order valence-electron chi connectivity index (χ3n) is 2.99. The summed E-state index contributed by atoms with van der Waals surface area (Å²) in [6.07, 6.45) is 6.30. The van der Waals surface area contributed by atoms with Gasteiger partial charge in [0, 0.05) is 25.6 Å².